The SMILES string of the molecule is CCC(Sc1cccc(NC(=S)Nc2ccc(C)cc2)c1)C(=O)N1c2ccccc2Sc2ccccc21. The Morgan fingerprint density at radius 1 is 0.865 bits per heavy atom. The monoisotopic (exact) mass is 541 g/mol. The second kappa shape index (κ2) is 11.4. The molecule has 0 spiro atoms. The molecule has 2 N–H and O–H groups in total. The Bertz CT molecular complexity index is 1390. The summed E-state index contributed by atoms with van der Waals surface area (Å²) in [6.45, 7) is 4.12. The molecule has 0 saturated heterocycles. The van der Waals surface area contributed by atoms with E-state index in [9.17, 15) is 4.79 Å². The Morgan fingerprint density at radius 3 is 2.14 bits per heavy atom. The molecule has 5 rings (SSSR count). The number of fused-ring (bicyclic) bond motifs is 2. The molecule has 186 valence electrons. The number of para-hydroxylation sites is 2. The zero-order valence-corrected chi connectivity index (χ0v) is 23.1. The molecule has 1 aliphatic heterocycles. The zero-order valence-electron chi connectivity index (χ0n) is 20.6. The van der Waals surface area contributed by atoms with Crippen LogP contribution in [0.25, 0.3) is 0 Å². The molecule has 4 nitrogen and oxygen atoms in total. The summed E-state index contributed by atoms with van der Waals surface area (Å²) in [5, 5.41) is 6.77. The summed E-state index contributed by atoms with van der Waals surface area (Å²) in [6, 6.07) is 32.4. The molecule has 1 unspecified atom stereocenters. The molecule has 1 atom stereocenters. The molecule has 0 radical (unpaired) electrons. The predicted molar refractivity (Wildman–Crippen MR) is 162 cm³/mol. The van der Waals surface area contributed by atoms with Gasteiger partial charge in [0, 0.05) is 26.1 Å². The summed E-state index contributed by atoms with van der Waals surface area (Å²) in [5.41, 5.74) is 4.90. The standard InChI is InChI=1S/C30H27N3OS3/c1-3-26(29(34)33-24-11-4-6-13-27(24)37-28-14-7-5-12-25(28)33)36-23-10-8-9-22(19-23)32-30(35)31-21-17-15-20(2)16-18-21/h4-19,26H,3H2,1-2H3,(H2,31,32,35). The number of aryl methyl sites for hydroxylation is 1. The smallest absolute Gasteiger partial charge is 0.245 e. The van der Waals surface area contributed by atoms with Gasteiger partial charge in [-0.2, -0.15) is 0 Å². The molecular weight excluding hydrogens is 515 g/mol. The highest BCUT2D eigenvalue weighted by Gasteiger charge is 2.32. The van der Waals surface area contributed by atoms with Crippen LogP contribution in [0.3, 0.4) is 0 Å². The van der Waals surface area contributed by atoms with Crippen LogP contribution in [0.4, 0.5) is 22.7 Å². The first kappa shape index (κ1) is 25.4. The van der Waals surface area contributed by atoms with Crippen LogP contribution < -0.4 is 15.5 Å². The molecule has 7 heteroatoms. The molecule has 0 bridgehead atoms. The number of anilines is 4. The van der Waals surface area contributed by atoms with Gasteiger partial charge in [0.05, 0.1) is 16.6 Å². The van der Waals surface area contributed by atoms with Crippen LogP contribution in [0.5, 0.6) is 0 Å². The van der Waals surface area contributed by atoms with Crippen LogP contribution >= 0.6 is 35.7 Å². The number of thiocarbonyl (C=S) groups is 1. The summed E-state index contributed by atoms with van der Waals surface area (Å²) < 4.78 is 0. The van der Waals surface area contributed by atoms with Crippen molar-refractivity contribution < 1.29 is 4.79 Å². The molecule has 0 fully saturated rings. The normalized spacial score (nSPS) is 12.8. The van der Waals surface area contributed by atoms with Gasteiger partial charge in [-0.15, -0.1) is 11.8 Å². The predicted octanol–water partition coefficient (Wildman–Crippen LogP) is 8.50. The summed E-state index contributed by atoms with van der Waals surface area (Å²) in [4.78, 5) is 19.1. The molecule has 1 amide bonds. The minimum absolute atomic E-state index is 0.0858. The van der Waals surface area contributed by atoms with Crippen molar-refractivity contribution in [2.75, 3.05) is 15.5 Å². The summed E-state index contributed by atoms with van der Waals surface area (Å²) >= 11 is 8.81. The molecule has 1 aliphatic rings. The Morgan fingerprint density at radius 2 is 1.49 bits per heavy atom. The van der Waals surface area contributed by atoms with Crippen molar-refractivity contribution in [1.29, 1.82) is 0 Å². The van der Waals surface area contributed by atoms with E-state index in [2.05, 4.69) is 36.6 Å². The maximum atomic E-state index is 14.0. The molecule has 0 aliphatic carbocycles. The minimum Gasteiger partial charge on any atom is -0.332 e. The zero-order chi connectivity index (χ0) is 25.8. The molecule has 4 aromatic carbocycles. The molecule has 1 heterocycles. The third kappa shape index (κ3) is 5.85. The van der Waals surface area contributed by atoms with Crippen LogP contribution in [0.1, 0.15) is 18.9 Å². The maximum Gasteiger partial charge on any atom is 0.245 e. The largest absolute Gasteiger partial charge is 0.332 e. The lowest BCUT2D eigenvalue weighted by molar-refractivity contribution is -0.117. The van der Waals surface area contributed by atoms with Gasteiger partial charge >= 0.3 is 0 Å². The number of nitrogens with zero attached hydrogens (tertiary/aromatic N) is 1. The van der Waals surface area contributed by atoms with Gasteiger partial charge in [0.2, 0.25) is 5.91 Å². The Labute approximate surface area is 231 Å². The number of benzene rings is 4. The van der Waals surface area contributed by atoms with Crippen molar-refractivity contribution in [3.8, 4) is 0 Å². The first-order valence-electron chi connectivity index (χ1n) is 12.1. The summed E-state index contributed by atoms with van der Waals surface area (Å²) in [5.74, 6) is 0.0858. The molecular formula is C30H27N3OS3. The van der Waals surface area contributed by atoms with E-state index in [0.717, 1.165) is 37.4 Å². The Balaban J connectivity index is 1.33. The highest BCUT2D eigenvalue weighted by atomic mass is 32.2. The van der Waals surface area contributed by atoms with Crippen molar-refractivity contribution in [2.45, 2.75) is 40.2 Å². The Kier molecular flexibility index (Phi) is 7.84. The number of rotatable bonds is 6. The van der Waals surface area contributed by atoms with Crippen LogP contribution in [0, 0.1) is 6.92 Å². The van der Waals surface area contributed by atoms with Crippen molar-refractivity contribution in [3.63, 3.8) is 0 Å². The molecule has 37 heavy (non-hydrogen) atoms. The second-order valence-electron chi connectivity index (χ2n) is 8.70. The quantitative estimate of drug-likeness (QED) is 0.188. The first-order valence-corrected chi connectivity index (χ1v) is 14.2. The number of hydrogen-bond donors (Lipinski definition) is 2. The van der Waals surface area contributed by atoms with E-state index in [1.807, 2.05) is 89.8 Å². The van der Waals surface area contributed by atoms with Crippen molar-refractivity contribution in [3.05, 3.63) is 103 Å². The van der Waals surface area contributed by atoms with Crippen molar-refractivity contribution >= 4 is 69.5 Å². The van der Waals surface area contributed by atoms with Crippen LogP contribution in [0.15, 0.2) is 112 Å². The van der Waals surface area contributed by atoms with Crippen LogP contribution in [0.2, 0.25) is 0 Å². The van der Waals surface area contributed by atoms with E-state index in [1.165, 1.54) is 5.56 Å². The van der Waals surface area contributed by atoms with E-state index >= 15 is 0 Å². The van der Waals surface area contributed by atoms with Crippen LogP contribution in [-0.4, -0.2) is 16.3 Å². The van der Waals surface area contributed by atoms with E-state index < -0.39 is 0 Å². The molecule has 0 aromatic heterocycles. The van der Waals surface area contributed by atoms with Gasteiger partial charge in [-0.25, -0.2) is 0 Å². The first-order chi connectivity index (χ1) is 18.0. The minimum atomic E-state index is -0.239. The van der Waals surface area contributed by atoms with Gasteiger partial charge in [0.1, 0.15) is 0 Å². The summed E-state index contributed by atoms with van der Waals surface area (Å²) in [7, 11) is 0. The van der Waals surface area contributed by atoms with Gasteiger partial charge in [-0.1, -0.05) is 66.7 Å². The molecule has 4 aromatic rings. The fourth-order valence-electron chi connectivity index (χ4n) is 4.14. The van der Waals surface area contributed by atoms with Crippen molar-refractivity contribution in [2.24, 2.45) is 0 Å². The van der Waals surface area contributed by atoms with E-state index in [4.69, 9.17) is 12.2 Å². The lowest BCUT2D eigenvalue weighted by Crippen LogP contribution is -2.35. The van der Waals surface area contributed by atoms with Gasteiger partial charge in [0.15, 0.2) is 5.11 Å². The lowest BCUT2D eigenvalue weighted by Gasteiger charge is -2.33. The summed E-state index contributed by atoms with van der Waals surface area (Å²) in [6.07, 6.45) is 0.711. The second-order valence-corrected chi connectivity index (χ2v) is 11.5. The van der Waals surface area contributed by atoms with E-state index in [1.54, 1.807) is 23.5 Å². The lowest BCUT2D eigenvalue weighted by atomic mass is 10.2. The Hall–Kier alpha value is -3.26. The highest BCUT2D eigenvalue weighted by molar-refractivity contribution is 8.00. The topological polar surface area (TPSA) is 44.4 Å². The third-order valence-electron chi connectivity index (χ3n) is 5.98. The third-order valence-corrected chi connectivity index (χ3v) is 8.66. The number of amides is 1. The molecule has 0 saturated carbocycles. The average Bonchev–Trinajstić information content (AvgIpc) is 2.91. The van der Waals surface area contributed by atoms with Gasteiger partial charge in [0.25, 0.3) is 0 Å². The highest BCUT2D eigenvalue weighted by Crippen LogP contribution is 2.48. The number of nitrogens with one attached hydrogen (secondary N) is 2. The number of carbonyl (C=O) groups is 1. The average molecular weight is 542 g/mol. The maximum absolute atomic E-state index is 14.0. The van der Waals surface area contributed by atoms with E-state index in [0.29, 0.717) is 11.5 Å². The van der Waals surface area contributed by atoms with Gasteiger partial charge < -0.3 is 10.6 Å². The number of carbonyl (C=O) groups excluding carboxylic acids is 1. The fraction of sp³-hybridized carbons (Fsp3) is 0.133. The van der Waals surface area contributed by atoms with Crippen LogP contribution in [-0.2, 0) is 4.79 Å². The van der Waals surface area contributed by atoms with Gasteiger partial charge in [-0.3, -0.25) is 9.69 Å². The van der Waals surface area contributed by atoms with Gasteiger partial charge in [-0.05, 0) is 80.2 Å². The number of hydrogen-bond acceptors (Lipinski definition) is 4. The van der Waals surface area contributed by atoms with Crippen molar-refractivity contribution in [1.82, 2.24) is 0 Å². The van der Waals surface area contributed by atoms with E-state index in [-0.39, 0.29) is 11.2 Å². The fourth-order valence-corrected chi connectivity index (χ4v) is 6.48. The number of thioether (sulfide) groups is 1.